The largest absolute Gasteiger partial charge is 0.317 e. The molecule has 0 fully saturated rings. The predicted octanol–water partition coefficient (Wildman–Crippen LogP) is 3.37. The maximum atomic E-state index is 4.05. The van der Waals surface area contributed by atoms with Gasteiger partial charge in [0.15, 0.2) is 0 Å². The molecule has 0 aliphatic carbocycles. The summed E-state index contributed by atoms with van der Waals surface area (Å²) in [7, 11) is 2.04. The van der Waals surface area contributed by atoms with Gasteiger partial charge in [0.1, 0.15) is 0 Å². The van der Waals surface area contributed by atoms with Crippen molar-refractivity contribution >= 4 is 0 Å². The van der Waals surface area contributed by atoms with E-state index in [0.29, 0.717) is 11.5 Å². The van der Waals surface area contributed by atoms with E-state index in [4.69, 9.17) is 0 Å². The zero-order valence-corrected chi connectivity index (χ0v) is 9.91. The van der Waals surface area contributed by atoms with Crippen LogP contribution in [0.4, 0.5) is 0 Å². The van der Waals surface area contributed by atoms with E-state index >= 15 is 0 Å². The second-order valence-electron chi connectivity index (χ2n) is 5.06. The van der Waals surface area contributed by atoms with Crippen LogP contribution in [0.25, 0.3) is 0 Å². The first-order valence-electron chi connectivity index (χ1n) is 5.23. The highest BCUT2D eigenvalue weighted by molar-refractivity contribution is 4.97. The lowest BCUT2D eigenvalue weighted by Gasteiger charge is -2.26. The van der Waals surface area contributed by atoms with Crippen LogP contribution in [0, 0.1) is 5.41 Å². The summed E-state index contributed by atoms with van der Waals surface area (Å²) in [5, 5.41) is 3.36. The Hall–Kier alpha value is -0.300. The SMILES string of the molecule is C=C(CC)CC(CC(C)(C)C)NC. The second-order valence-corrected chi connectivity index (χ2v) is 5.06. The van der Waals surface area contributed by atoms with E-state index in [1.165, 1.54) is 12.0 Å². The Morgan fingerprint density at radius 2 is 1.92 bits per heavy atom. The average molecular weight is 183 g/mol. The molecule has 0 aliphatic heterocycles. The zero-order valence-electron chi connectivity index (χ0n) is 9.91. The fourth-order valence-corrected chi connectivity index (χ4v) is 1.51. The van der Waals surface area contributed by atoms with E-state index in [1.807, 2.05) is 7.05 Å². The molecule has 0 radical (unpaired) electrons. The third-order valence-corrected chi connectivity index (χ3v) is 2.30. The molecule has 1 nitrogen and oxygen atoms in total. The van der Waals surface area contributed by atoms with Gasteiger partial charge < -0.3 is 5.32 Å². The Morgan fingerprint density at radius 3 is 2.23 bits per heavy atom. The lowest BCUT2D eigenvalue weighted by Crippen LogP contribution is -2.30. The van der Waals surface area contributed by atoms with E-state index in [9.17, 15) is 0 Å². The highest BCUT2D eigenvalue weighted by Gasteiger charge is 2.17. The van der Waals surface area contributed by atoms with Gasteiger partial charge in [-0.25, -0.2) is 0 Å². The molecule has 0 rings (SSSR count). The Morgan fingerprint density at radius 1 is 1.38 bits per heavy atom. The summed E-state index contributed by atoms with van der Waals surface area (Å²) >= 11 is 0. The second kappa shape index (κ2) is 5.43. The topological polar surface area (TPSA) is 12.0 Å². The molecule has 78 valence electrons. The molecular formula is C12H25N. The van der Waals surface area contributed by atoms with Gasteiger partial charge in [0.25, 0.3) is 0 Å². The summed E-state index contributed by atoms with van der Waals surface area (Å²) in [6.45, 7) is 13.1. The maximum Gasteiger partial charge on any atom is 0.0106 e. The van der Waals surface area contributed by atoms with Gasteiger partial charge in [0, 0.05) is 6.04 Å². The first kappa shape index (κ1) is 12.7. The predicted molar refractivity (Wildman–Crippen MR) is 61.0 cm³/mol. The quantitative estimate of drug-likeness (QED) is 0.644. The van der Waals surface area contributed by atoms with E-state index in [-0.39, 0.29) is 0 Å². The van der Waals surface area contributed by atoms with Gasteiger partial charge in [-0.15, -0.1) is 0 Å². The fraction of sp³-hybridized carbons (Fsp3) is 0.833. The van der Waals surface area contributed by atoms with E-state index in [0.717, 1.165) is 12.8 Å². The minimum Gasteiger partial charge on any atom is -0.317 e. The minimum absolute atomic E-state index is 0.404. The molecule has 1 N–H and O–H groups in total. The van der Waals surface area contributed by atoms with Crippen molar-refractivity contribution in [3.8, 4) is 0 Å². The van der Waals surface area contributed by atoms with Crippen LogP contribution in [0.2, 0.25) is 0 Å². The summed E-state index contributed by atoms with van der Waals surface area (Å²) in [4.78, 5) is 0. The van der Waals surface area contributed by atoms with Crippen molar-refractivity contribution in [2.24, 2.45) is 5.41 Å². The normalized spacial score (nSPS) is 14.2. The van der Waals surface area contributed by atoms with Crippen LogP contribution in [0.3, 0.4) is 0 Å². The van der Waals surface area contributed by atoms with Crippen molar-refractivity contribution in [2.45, 2.75) is 53.0 Å². The highest BCUT2D eigenvalue weighted by atomic mass is 14.9. The van der Waals surface area contributed by atoms with Crippen LogP contribution >= 0.6 is 0 Å². The van der Waals surface area contributed by atoms with Gasteiger partial charge in [0.05, 0.1) is 0 Å². The molecule has 0 aliphatic rings. The van der Waals surface area contributed by atoms with Crippen LogP contribution in [0.1, 0.15) is 47.0 Å². The van der Waals surface area contributed by atoms with Crippen LogP contribution in [0.5, 0.6) is 0 Å². The number of nitrogens with one attached hydrogen (secondary N) is 1. The van der Waals surface area contributed by atoms with Gasteiger partial charge in [0.2, 0.25) is 0 Å². The summed E-state index contributed by atoms with van der Waals surface area (Å²) in [5.74, 6) is 0. The maximum absolute atomic E-state index is 4.05. The van der Waals surface area contributed by atoms with Gasteiger partial charge in [-0.05, 0) is 31.7 Å². The summed E-state index contributed by atoms with van der Waals surface area (Å²) in [5.41, 5.74) is 1.76. The van der Waals surface area contributed by atoms with Gasteiger partial charge in [-0.2, -0.15) is 0 Å². The van der Waals surface area contributed by atoms with Crippen molar-refractivity contribution in [3.63, 3.8) is 0 Å². The molecule has 0 saturated heterocycles. The first-order chi connectivity index (χ1) is 5.89. The van der Waals surface area contributed by atoms with Crippen molar-refractivity contribution in [2.75, 3.05) is 7.05 Å². The molecule has 1 unspecified atom stereocenters. The summed E-state index contributed by atoms with van der Waals surface area (Å²) in [6, 6.07) is 0.590. The molecule has 13 heavy (non-hydrogen) atoms. The zero-order chi connectivity index (χ0) is 10.5. The Balaban J connectivity index is 3.97. The molecule has 1 heteroatoms. The third kappa shape index (κ3) is 6.83. The molecule has 1 atom stereocenters. The Bertz CT molecular complexity index is 153. The van der Waals surface area contributed by atoms with Crippen LogP contribution in [-0.4, -0.2) is 13.1 Å². The lowest BCUT2D eigenvalue weighted by atomic mass is 9.86. The van der Waals surface area contributed by atoms with E-state index < -0.39 is 0 Å². The average Bonchev–Trinajstić information content (AvgIpc) is 2.00. The van der Waals surface area contributed by atoms with Crippen molar-refractivity contribution in [1.82, 2.24) is 5.32 Å². The third-order valence-electron chi connectivity index (χ3n) is 2.30. The van der Waals surface area contributed by atoms with Crippen LogP contribution in [0.15, 0.2) is 12.2 Å². The number of hydrogen-bond acceptors (Lipinski definition) is 1. The Kier molecular flexibility index (Phi) is 5.31. The van der Waals surface area contributed by atoms with Gasteiger partial charge in [-0.1, -0.05) is 39.8 Å². The van der Waals surface area contributed by atoms with Crippen molar-refractivity contribution in [1.29, 1.82) is 0 Å². The van der Waals surface area contributed by atoms with Crippen LogP contribution < -0.4 is 5.32 Å². The van der Waals surface area contributed by atoms with Crippen LogP contribution in [-0.2, 0) is 0 Å². The summed E-state index contributed by atoms with van der Waals surface area (Å²) < 4.78 is 0. The highest BCUT2D eigenvalue weighted by Crippen LogP contribution is 2.23. The molecule has 0 aromatic heterocycles. The molecule has 0 spiro atoms. The van der Waals surface area contributed by atoms with Gasteiger partial charge in [-0.3, -0.25) is 0 Å². The molecular weight excluding hydrogens is 158 g/mol. The van der Waals surface area contributed by atoms with Crippen molar-refractivity contribution in [3.05, 3.63) is 12.2 Å². The van der Waals surface area contributed by atoms with E-state index in [1.54, 1.807) is 0 Å². The van der Waals surface area contributed by atoms with Gasteiger partial charge >= 0.3 is 0 Å². The number of hydrogen-bond donors (Lipinski definition) is 1. The minimum atomic E-state index is 0.404. The number of rotatable bonds is 5. The fourth-order valence-electron chi connectivity index (χ4n) is 1.51. The smallest absolute Gasteiger partial charge is 0.0106 e. The standard InChI is InChI=1S/C12H25N/c1-7-10(2)8-11(13-6)9-12(3,4)5/h11,13H,2,7-9H2,1,3-6H3. The molecule has 0 bridgehead atoms. The van der Waals surface area contributed by atoms with E-state index in [2.05, 4.69) is 39.6 Å². The lowest BCUT2D eigenvalue weighted by molar-refractivity contribution is 0.315. The van der Waals surface area contributed by atoms with Crippen molar-refractivity contribution < 1.29 is 0 Å². The molecule has 0 aromatic carbocycles. The Labute approximate surface area is 83.6 Å². The first-order valence-corrected chi connectivity index (χ1v) is 5.23. The molecule has 0 aromatic rings. The monoisotopic (exact) mass is 183 g/mol. The molecule has 0 amide bonds. The molecule has 0 saturated carbocycles. The summed E-state index contributed by atoms with van der Waals surface area (Å²) in [6.07, 6.45) is 3.43. The molecule has 0 heterocycles.